The van der Waals surface area contributed by atoms with Crippen molar-refractivity contribution < 1.29 is 35.2 Å². The minimum absolute atomic E-state index is 0.00421. The highest BCUT2D eigenvalue weighted by Crippen LogP contribution is 2.29. The van der Waals surface area contributed by atoms with E-state index in [1.54, 1.807) is 30.3 Å². The third-order valence-corrected chi connectivity index (χ3v) is 4.11. The van der Waals surface area contributed by atoms with Crippen molar-refractivity contribution in [1.82, 2.24) is 0 Å². The van der Waals surface area contributed by atoms with Crippen LogP contribution in [-0.4, -0.2) is 21.0 Å². The number of halogens is 3. The predicted molar refractivity (Wildman–Crippen MR) is 88.3 cm³/mol. The van der Waals surface area contributed by atoms with Crippen molar-refractivity contribution in [1.29, 1.82) is 0 Å². The Morgan fingerprint density at radius 1 is 1.04 bits per heavy atom. The highest BCUT2D eigenvalue weighted by Gasteiger charge is 2.49. The Bertz CT molecular complexity index is 844. The average Bonchev–Trinajstić information content (AvgIpc) is 2.61. The van der Waals surface area contributed by atoms with Gasteiger partial charge in [-0.05, 0) is 17.7 Å². The van der Waals surface area contributed by atoms with Crippen molar-refractivity contribution in [3.63, 3.8) is 0 Å². The van der Waals surface area contributed by atoms with Gasteiger partial charge in [-0.3, -0.25) is 0 Å². The van der Waals surface area contributed by atoms with Crippen LogP contribution in [0.25, 0.3) is 5.76 Å². The first-order chi connectivity index (χ1) is 12.2. The molecular weight excluding hydrogens is 373 g/mol. The van der Waals surface area contributed by atoms with Crippen LogP contribution in [0.2, 0.25) is 0 Å². The van der Waals surface area contributed by atoms with Crippen LogP contribution in [0.5, 0.6) is 5.75 Å². The summed E-state index contributed by atoms with van der Waals surface area (Å²) in [6.07, 6.45) is 0.836. The van der Waals surface area contributed by atoms with Crippen molar-refractivity contribution in [2.75, 3.05) is 7.11 Å². The summed E-state index contributed by atoms with van der Waals surface area (Å²) in [7, 11) is -4.30. The van der Waals surface area contributed by atoms with Crippen LogP contribution in [0.4, 0.5) is 13.2 Å². The van der Waals surface area contributed by atoms with Gasteiger partial charge in [0.15, 0.2) is 5.76 Å². The minimum Gasteiger partial charge on any atom is -0.497 e. The molecule has 0 unspecified atom stereocenters. The van der Waals surface area contributed by atoms with E-state index in [1.807, 2.05) is 0 Å². The first kappa shape index (κ1) is 19.6. The Hall–Kier alpha value is -2.68. The molecule has 0 aromatic heterocycles. The van der Waals surface area contributed by atoms with Gasteiger partial charge in [-0.2, -0.15) is 21.6 Å². The Labute approximate surface area is 148 Å². The first-order valence-electron chi connectivity index (χ1n) is 7.24. The maximum Gasteiger partial charge on any atom is 0.534 e. The number of ether oxygens (including phenoxy) is 2. The van der Waals surface area contributed by atoms with Crippen LogP contribution in [0, 0.1) is 0 Å². The lowest BCUT2D eigenvalue weighted by atomic mass is 10.2. The fraction of sp³-hybridized carbons (Fsp3) is 0.176. The second-order valence-electron chi connectivity index (χ2n) is 4.99. The largest absolute Gasteiger partial charge is 0.534 e. The molecule has 0 spiro atoms. The predicted octanol–water partition coefficient (Wildman–Crippen LogP) is 4.08. The Kier molecular flexibility index (Phi) is 6.14. The maximum absolute atomic E-state index is 12.6. The second-order valence-corrected chi connectivity index (χ2v) is 6.53. The SMILES string of the molecule is COc1ccc(CO/C=C(\OS(=O)(=O)C(F)(F)F)c2ccccc2)cc1. The van der Waals surface area contributed by atoms with Gasteiger partial charge in [0.1, 0.15) is 18.6 Å². The molecule has 0 saturated heterocycles. The summed E-state index contributed by atoms with van der Waals surface area (Å²) in [5, 5.41) is 0. The minimum atomic E-state index is -5.81. The van der Waals surface area contributed by atoms with Gasteiger partial charge in [-0.1, -0.05) is 42.5 Å². The summed E-state index contributed by atoms with van der Waals surface area (Å²) < 4.78 is 74.7. The molecule has 0 heterocycles. The van der Waals surface area contributed by atoms with Gasteiger partial charge in [0.25, 0.3) is 0 Å². The molecule has 2 rings (SSSR count). The highest BCUT2D eigenvalue weighted by molar-refractivity contribution is 7.87. The van der Waals surface area contributed by atoms with E-state index in [2.05, 4.69) is 4.18 Å². The van der Waals surface area contributed by atoms with Gasteiger partial charge < -0.3 is 13.7 Å². The third kappa shape index (κ3) is 5.16. The third-order valence-electron chi connectivity index (χ3n) is 3.14. The number of hydrogen-bond acceptors (Lipinski definition) is 5. The van der Waals surface area contributed by atoms with Gasteiger partial charge in [0.2, 0.25) is 0 Å². The van der Waals surface area contributed by atoms with E-state index in [4.69, 9.17) is 9.47 Å². The molecule has 0 N–H and O–H groups in total. The van der Waals surface area contributed by atoms with Crippen LogP contribution in [0.1, 0.15) is 11.1 Å². The summed E-state index contributed by atoms with van der Waals surface area (Å²) in [5.74, 6) is 0.0605. The molecular formula is C17H15F3O5S. The molecule has 0 amide bonds. The van der Waals surface area contributed by atoms with E-state index in [9.17, 15) is 21.6 Å². The Balaban J connectivity index is 2.19. The Morgan fingerprint density at radius 2 is 1.65 bits per heavy atom. The molecule has 2 aromatic carbocycles. The van der Waals surface area contributed by atoms with Crippen molar-refractivity contribution in [2.45, 2.75) is 12.1 Å². The first-order valence-corrected chi connectivity index (χ1v) is 8.64. The molecule has 0 atom stereocenters. The summed E-state index contributed by atoms with van der Waals surface area (Å²) in [5.41, 5.74) is -4.72. The summed E-state index contributed by atoms with van der Waals surface area (Å²) in [4.78, 5) is 0. The molecule has 0 aliphatic carbocycles. The van der Waals surface area contributed by atoms with E-state index in [0.717, 1.165) is 6.26 Å². The maximum atomic E-state index is 12.6. The lowest BCUT2D eigenvalue weighted by molar-refractivity contribution is -0.0510. The fourth-order valence-electron chi connectivity index (χ4n) is 1.84. The highest BCUT2D eigenvalue weighted by atomic mass is 32.2. The molecule has 5 nitrogen and oxygen atoms in total. The summed E-state index contributed by atoms with van der Waals surface area (Å²) >= 11 is 0. The van der Waals surface area contributed by atoms with Crippen LogP contribution >= 0.6 is 0 Å². The van der Waals surface area contributed by atoms with Gasteiger partial charge in [-0.15, -0.1) is 0 Å². The number of rotatable bonds is 7. The number of methoxy groups -OCH3 is 1. The molecule has 0 aliphatic rings. The second kappa shape index (κ2) is 8.13. The molecule has 0 fully saturated rings. The quantitative estimate of drug-likeness (QED) is 0.406. The van der Waals surface area contributed by atoms with Crippen LogP contribution in [0.15, 0.2) is 60.9 Å². The van der Waals surface area contributed by atoms with Gasteiger partial charge in [0.05, 0.1) is 7.11 Å². The Morgan fingerprint density at radius 3 is 2.19 bits per heavy atom. The van der Waals surface area contributed by atoms with E-state index < -0.39 is 21.4 Å². The molecule has 9 heteroatoms. The van der Waals surface area contributed by atoms with E-state index >= 15 is 0 Å². The zero-order valence-electron chi connectivity index (χ0n) is 13.6. The molecule has 0 saturated carbocycles. The van der Waals surface area contributed by atoms with Crippen LogP contribution < -0.4 is 4.74 Å². The van der Waals surface area contributed by atoms with Crippen LogP contribution in [-0.2, 0) is 25.6 Å². The fourth-order valence-corrected chi connectivity index (χ4v) is 2.31. The monoisotopic (exact) mass is 388 g/mol. The number of alkyl halides is 3. The molecule has 140 valence electrons. The topological polar surface area (TPSA) is 61.8 Å². The molecule has 0 radical (unpaired) electrons. The van der Waals surface area contributed by atoms with Crippen molar-refractivity contribution >= 4 is 15.9 Å². The zero-order valence-corrected chi connectivity index (χ0v) is 14.4. The summed E-state index contributed by atoms with van der Waals surface area (Å²) in [6, 6.07) is 14.2. The van der Waals surface area contributed by atoms with Crippen LogP contribution in [0.3, 0.4) is 0 Å². The lowest BCUT2D eigenvalue weighted by Crippen LogP contribution is -2.25. The van der Waals surface area contributed by atoms with Gasteiger partial charge >= 0.3 is 15.6 Å². The number of benzene rings is 2. The summed E-state index contributed by atoms with van der Waals surface area (Å²) in [6.45, 7) is -0.00421. The van der Waals surface area contributed by atoms with Gasteiger partial charge in [0, 0.05) is 5.56 Å². The lowest BCUT2D eigenvalue weighted by Gasteiger charge is -2.13. The van der Waals surface area contributed by atoms with E-state index in [-0.39, 0.29) is 12.2 Å². The normalized spacial score (nSPS) is 12.5. The van der Waals surface area contributed by atoms with E-state index in [1.165, 1.54) is 31.4 Å². The van der Waals surface area contributed by atoms with Crippen molar-refractivity contribution in [3.05, 3.63) is 72.0 Å². The smallest absolute Gasteiger partial charge is 0.497 e. The number of hydrogen-bond donors (Lipinski definition) is 0. The van der Waals surface area contributed by atoms with Crippen molar-refractivity contribution in [2.24, 2.45) is 0 Å². The molecule has 0 bridgehead atoms. The molecule has 26 heavy (non-hydrogen) atoms. The molecule has 0 aliphatic heterocycles. The molecule has 2 aromatic rings. The zero-order chi connectivity index (χ0) is 19.2. The standard InChI is InChI=1S/C17H15F3O5S/c1-23-15-9-7-13(8-10-15)11-24-12-16(14-5-3-2-4-6-14)25-26(21,22)17(18,19)20/h2-10,12H,11H2,1H3/b16-12-. The van der Waals surface area contributed by atoms with E-state index in [0.29, 0.717) is 11.3 Å². The average molecular weight is 388 g/mol. The van der Waals surface area contributed by atoms with Gasteiger partial charge in [-0.25, -0.2) is 0 Å². The van der Waals surface area contributed by atoms with Crippen molar-refractivity contribution in [3.8, 4) is 5.75 Å².